The Labute approximate surface area is 578 Å². The average molecular weight is 1440 g/mol. The lowest BCUT2D eigenvalue weighted by Crippen LogP contribution is -2.69. The van der Waals surface area contributed by atoms with Crippen molar-refractivity contribution in [2.24, 2.45) is 0 Å². The van der Waals surface area contributed by atoms with Crippen LogP contribution in [0.25, 0.3) is 0 Å². The number of likely N-dealkylation sites (tertiary alicyclic amines) is 2. The van der Waals surface area contributed by atoms with Gasteiger partial charge in [0.25, 0.3) is 23.0 Å². The van der Waals surface area contributed by atoms with Crippen molar-refractivity contribution in [3.63, 3.8) is 0 Å². The number of aromatic nitrogens is 2. The first-order valence-corrected chi connectivity index (χ1v) is 34.3. The van der Waals surface area contributed by atoms with E-state index in [0.717, 1.165) is 81.9 Å². The molecule has 6 atom stereocenters. The number of esters is 1. The first-order chi connectivity index (χ1) is 45.1. The molecule has 0 spiro atoms. The number of aryl methyl sites for hydroxylation is 2. The molecule has 520 valence electrons. The molecule has 10 rings (SSSR count). The van der Waals surface area contributed by atoms with Crippen molar-refractivity contribution < 1.29 is 74.4 Å². The number of amides is 3. The molecule has 2 saturated heterocycles. The number of pyridine rings is 2. The zero-order chi connectivity index (χ0) is 69.0. The van der Waals surface area contributed by atoms with Crippen LogP contribution in [-0.2, 0) is 62.2 Å². The second kappa shape index (κ2) is 33.6. The van der Waals surface area contributed by atoms with Crippen LogP contribution in [-0.4, -0.2) is 120 Å². The fraction of sp³-hybridized carbons (Fsp3) is 0.478. The Hall–Kier alpha value is -6.83. The van der Waals surface area contributed by atoms with Crippen LogP contribution >= 0.6 is 57.5 Å². The molecule has 0 bridgehead atoms. The summed E-state index contributed by atoms with van der Waals surface area (Å²) < 4.78 is 100. The van der Waals surface area contributed by atoms with Crippen LogP contribution in [0.1, 0.15) is 169 Å². The quantitative estimate of drug-likeness (QED) is 0.0442. The molecule has 6 aromatic rings. The van der Waals surface area contributed by atoms with Crippen molar-refractivity contribution in [1.29, 1.82) is 0 Å². The van der Waals surface area contributed by atoms with Gasteiger partial charge in [0, 0.05) is 100 Å². The smallest absolute Gasteiger partial charge is 0.418 e. The zero-order valence-electron chi connectivity index (χ0n) is 53.1. The van der Waals surface area contributed by atoms with Gasteiger partial charge in [0.1, 0.15) is 22.9 Å². The summed E-state index contributed by atoms with van der Waals surface area (Å²) >= 11 is 21.1. The highest BCUT2D eigenvalue weighted by molar-refractivity contribution is 7.10. The van der Waals surface area contributed by atoms with Gasteiger partial charge in [0.2, 0.25) is 11.2 Å². The lowest BCUT2D eigenvalue weighted by atomic mass is 9.78. The van der Waals surface area contributed by atoms with Crippen LogP contribution < -0.4 is 14.8 Å². The Morgan fingerprint density at radius 3 is 1.64 bits per heavy atom. The second-order valence-electron chi connectivity index (χ2n) is 23.8. The van der Waals surface area contributed by atoms with Crippen LogP contribution in [0.15, 0.2) is 96.0 Å². The lowest BCUT2D eigenvalue weighted by molar-refractivity contribution is -0.163. The maximum Gasteiger partial charge on any atom is 0.418 e. The van der Waals surface area contributed by atoms with E-state index < -0.39 is 93.1 Å². The Morgan fingerprint density at radius 1 is 0.656 bits per heavy atom. The third-order valence-corrected chi connectivity index (χ3v) is 19.8. The summed E-state index contributed by atoms with van der Waals surface area (Å²) in [7, 11) is 0. The van der Waals surface area contributed by atoms with E-state index in [1.165, 1.54) is 43.6 Å². The Balaban J connectivity index is 0.000000223. The van der Waals surface area contributed by atoms with Gasteiger partial charge < -0.3 is 39.3 Å². The van der Waals surface area contributed by atoms with Gasteiger partial charge >= 0.3 is 24.3 Å². The molecule has 4 aliphatic rings. The zero-order valence-corrected chi connectivity index (χ0v) is 57.0. The van der Waals surface area contributed by atoms with E-state index in [9.17, 15) is 55.4 Å². The number of hydrogen-bond donors (Lipinski definition) is 2. The van der Waals surface area contributed by atoms with Crippen molar-refractivity contribution in [3.8, 4) is 11.5 Å². The van der Waals surface area contributed by atoms with E-state index >= 15 is 4.79 Å². The molecule has 0 unspecified atom stereocenters. The molecule has 2 fully saturated rings. The monoisotopic (exact) mass is 1430 g/mol. The molecule has 2 aromatic carbocycles. The summed E-state index contributed by atoms with van der Waals surface area (Å²) in [6.07, 6.45) is -1.90. The van der Waals surface area contributed by atoms with Gasteiger partial charge in [-0.2, -0.15) is 26.3 Å². The minimum absolute atomic E-state index is 0. The van der Waals surface area contributed by atoms with Crippen LogP contribution in [0.4, 0.5) is 26.3 Å². The number of hydrogen-bond acceptors (Lipinski definition) is 14. The Kier molecular flexibility index (Phi) is 26.8. The number of carboxylic acids is 1. The first kappa shape index (κ1) is 76.5. The molecule has 96 heavy (non-hydrogen) atoms. The normalized spacial score (nSPS) is 20.8. The average Bonchev–Trinajstić information content (AvgIpc) is 0.808. The number of alkyl halides is 6. The van der Waals surface area contributed by atoms with E-state index in [-0.39, 0.29) is 71.6 Å². The molecule has 0 saturated carbocycles. The number of aliphatic carboxylic acids is 1. The van der Waals surface area contributed by atoms with Gasteiger partial charge in [0.15, 0.2) is 0 Å². The number of nitrogens with zero attached hydrogens (tertiary/aromatic N) is 5. The van der Waals surface area contributed by atoms with Gasteiger partial charge in [-0.05, 0) is 173 Å². The number of benzene rings is 2. The summed E-state index contributed by atoms with van der Waals surface area (Å²) in [5.74, 6) is -2.49. The van der Waals surface area contributed by atoms with Crippen molar-refractivity contribution in [2.45, 2.75) is 193 Å². The van der Waals surface area contributed by atoms with E-state index in [4.69, 9.17) is 49.0 Å². The third-order valence-electron chi connectivity index (χ3n) is 17.3. The Morgan fingerprint density at radius 2 is 1.16 bits per heavy atom. The molecule has 4 aliphatic heterocycles. The van der Waals surface area contributed by atoms with E-state index in [0.29, 0.717) is 67.7 Å². The fourth-order valence-electron chi connectivity index (χ4n) is 13.0. The lowest BCUT2D eigenvalue weighted by Gasteiger charge is -2.51. The fourth-order valence-corrected chi connectivity index (χ4v) is 14.8. The third kappa shape index (κ3) is 18.5. The summed E-state index contributed by atoms with van der Waals surface area (Å²) in [6, 6.07) is 16.9. The van der Waals surface area contributed by atoms with E-state index in [1.54, 1.807) is 33.9 Å². The van der Waals surface area contributed by atoms with Crippen LogP contribution in [0.5, 0.6) is 11.5 Å². The van der Waals surface area contributed by atoms with Crippen molar-refractivity contribution in [1.82, 2.24) is 30.0 Å². The molecular formula is C69H79Cl3F6N6O10S2. The number of rotatable bonds is 19. The van der Waals surface area contributed by atoms with Gasteiger partial charge in [-0.15, -0.1) is 22.7 Å². The number of nitrogens with one attached hydrogen (secondary N) is 1. The highest BCUT2D eigenvalue weighted by Crippen LogP contribution is 2.44. The molecule has 27 heteroatoms. The Bertz CT molecular complexity index is 3710. The number of fused-ring (bicyclic) bond motifs is 2. The van der Waals surface area contributed by atoms with Crippen molar-refractivity contribution in [2.75, 3.05) is 19.7 Å². The molecule has 4 aromatic heterocycles. The SMILES string of the molecule is C.CCC[C@H]1N(C(=O)c2ncccc2C(F)(F)F)CCC[C@@]1(Oc1csc(C)c1)C(=O)Cl.CCC[C@H]1N(C(=O)c2ncccc2C(F)(F)F)CCC[C@@]1(Oc1csc(C)c1)C(=O)N1Cc2ccc(Cl)cc2C[C@@H]1CCC(=O)O.CCOC(=O)CC[C@H]1Cc2cc(Cl)ccc2CN1. The summed E-state index contributed by atoms with van der Waals surface area (Å²) in [4.78, 5) is 91.8. The molecule has 0 radical (unpaired) electrons. The highest BCUT2D eigenvalue weighted by atomic mass is 35.5. The van der Waals surface area contributed by atoms with E-state index in [2.05, 4.69) is 21.4 Å². The number of carbonyl (C=O) groups is 6. The highest BCUT2D eigenvalue weighted by Gasteiger charge is 2.58. The minimum atomic E-state index is -4.81. The largest absolute Gasteiger partial charge is 0.481 e. The van der Waals surface area contributed by atoms with Crippen LogP contribution in [0.3, 0.4) is 0 Å². The molecule has 16 nitrogen and oxygen atoms in total. The number of thiophene rings is 2. The van der Waals surface area contributed by atoms with Gasteiger partial charge in [-0.25, -0.2) is 0 Å². The number of halogens is 9. The molecule has 2 N–H and O–H groups in total. The van der Waals surface area contributed by atoms with Crippen molar-refractivity contribution >= 4 is 92.4 Å². The predicted octanol–water partition coefficient (Wildman–Crippen LogP) is 16.0. The number of carbonyl (C=O) groups excluding carboxylic acids is 5. The molecule has 0 aliphatic carbocycles. The molecular weight excluding hydrogens is 1360 g/mol. The van der Waals surface area contributed by atoms with Crippen LogP contribution in [0, 0.1) is 13.8 Å². The predicted molar refractivity (Wildman–Crippen MR) is 357 cm³/mol. The standard InChI is InChI=1S/C33H35ClF3N3O5S.C21H22ClF3N2O3S.C14H18ClNO2.CH4/c1-3-6-27-32(45-25-15-20(2)46-19-25,12-5-14-39(27)30(43)29-26(33(35,36)37)7-4-13-38-29)31(44)40-18-21-8-9-23(34)16-22(21)17-24(40)10-11-28(41)42;1-3-6-16-20(19(22)29,30-14-11-13(2)31-12-14)8-5-10-27(16)18(28)17-15(21(23,24)25)7-4-9-26-17;1-2-18-14(17)6-5-13-8-11-7-12(15)4-3-10(11)9-16-13;/h4,7-9,13,15-16,19,24,27H,3,5-6,10-12,14,17-18H2,1-2H3,(H,41,42);4,7,9,11-12,16H,3,5-6,8,10H2,1-2H3;3-4,7,13,16H,2,5-6,8-9H2,1H3;1H4/t24-,27+,32-;16-,20+;13-;/m010./s1. The molecule has 3 amide bonds. The number of ether oxygens (including phenoxy) is 3. The van der Waals surface area contributed by atoms with Gasteiger partial charge in [0.05, 0.1) is 29.8 Å². The summed E-state index contributed by atoms with van der Waals surface area (Å²) in [6.45, 7) is 11.1. The van der Waals surface area contributed by atoms with Crippen molar-refractivity contribution in [3.05, 3.63) is 161 Å². The second-order valence-corrected chi connectivity index (χ2v) is 27.3. The van der Waals surface area contributed by atoms with Gasteiger partial charge in [-0.1, -0.05) is 69.5 Å². The maximum absolute atomic E-state index is 15.1. The number of carboxylic acid groups (broad SMARTS) is 1. The first-order valence-electron chi connectivity index (χ1n) is 31.4. The van der Waals surface area contributed by atoms with E-state index in [1.807, 2.05) is 58.9 Å². The summed E-state index contributed by atoms with van der Waals surface area (Å²) in [5, 5.41) is 17.0. The minimum Gasteiger partial charge on any atom is -0.481 e. The maximum atomic E-state index is 15.1. The summed E-state index contributed by atoms with van der Waals surface area (Å²) in [5.41, 5.74) is -2.54. The number of piperidine rings is 2. The topological polar surface area (TPSA) is 198 Å². The molecule has 8 heterocycles. The van der Waals surface area contributed by atoms with Gasteiger partial charge in [-0.3, -0.25) is 38.7 Å². The van der Waals surface area contributed by atoms with Crippen LogP contribution in [0.2, 0.25) is 10.0 Å².